The monoisotopic (exact) mass is 445 g/mol. The van der Waals surface area contributed by atoms with Crippen LogP contribution in [0.15, 0.2) is 41.3 Å². The predicted octanol–water partition coefficient (Wildman–Crippen LogP) is 1.32. The molecule has 3 heterocycles. The zero-order chi connectivity index (χ0) is 22.2. The van der Waals surface area contributed by atoms with E-state index in [0.717, 1.165) is 6.26 Å². The second-order valence-electron chi connectivity index (χ2n) is 6.92. The average Bonchev–Trinajstić information content (AvgIpc) is 3.17. The maximum Gasteiger partial charge on any atom is 0.328 e. The van der Waals surface area contributed by atoms with Gasteiger partial charge in [0.2, 0.25) is 5.43 Å². The molecule has 0 bridgehead atoms. The van der Waals surface area contributed by atoms with Crippen LogP contribution >= 0.6 is 0 Å². The number of fused-ring (bicyclic) bond motifs is 2. The fourth-order valence-corrected chi connectivity index (χ4v) is 3.97. The summed E-state index contributed by atoms with van der Waals surface area (Å²) in [4.78, 5) is 28.2. The standard InChI is InChI=1S/C19H19N5O6S/c1-31(28,29)30-10-9-20-7-8-21-19-12-3-2-4-14-17(12)13(11-22-19)18(25)15-5-6-16(23(14)15)24(26)27/h2-6,11,20H,7-10H2,1H3,(H,21,22). The molecule has 0 aliphatic rings. The number of nitrogens with zero attached hydrogens (tertiary/aromatic N) is 3. The molecule has 0 fully saturated rings. The van der Waals surface area contributed by atoms with Crippen LogP contribution in [0.3, 0.4) is 0 Å². The van der Waals surface area contributed by atoms with Gasteiger partial charge < -0.3 is 20.7 Å². The van der Waals surface area contributed by atoms with Crippen LogP contribution in [0.5, 0.6) is 0 Å². The van der Waals surface area contributed by atoms with E-state index < -0.39 is 15.0 Å². The Morgan fingerprint density at radius 2 is 1.94 bits per heavy atom. The van der Waals surface area contributed by atoms with Crippen LogP contribution < -0.4 is 16.1 Å². The number of nitrogens with one attached hydrogen (secondary N) is 2. The lowest BCUT2D eigenvalue weighted by atomic mass is 10.1. The minimum Gasteiger partial charge on any atom is -0.368 e. The minimum atomic E-state index is -3.46. The lowest BCUT2D eigenvalue weighted by molar-refractivity contribution is -0.390. The summed E-state index contributed by atoms with van der Waals surface area (Å²) >= 11 is 0. The van der Waals surface area contributed by atoms with Crippen LogP contribution in [0, 0.1) is 10.1 Å². The van der Waals surface area contributed by atoms with E-state index in [1.807, 2.05) is 0 Å². The van der Waals surface area contributed by atoms with Crippen LogP contribution in [0.4, 0.5) is 11.6 Å². The summed E-state index contributed by atoms with van der Waals surface area (Å²) in [6.07, 6.45) is 2.47. The largest absolute Gasteiger partial charge is 0.368 e. The topological polar surface area (TPSA) is 145 Å². The van der Waals surface area contributed by atoms with Crippen molar-refractivity contribution >= 4 is 48.9 Å². The minimum absolute atomic E-state index is 0.0398. The predicted molar refractivity (Wildman–Crippen MR) is 116 cm³/mol. The third-order valence-corrected chi connectivity index (χ3v) is 5.42. The number of hydrogen-bond donors (Lipinski definition) is 2. The highest BCUT2D eigenvalue weighted by Crippen LogP contribution is 2.31. The Morgan fingerprint density at radius 3 is 2.68 bits per heavy atom. The Bertz CT molecular complexity index is 1450. The molecule has 0 saturated heterocycles. The van der Waals surface area contributed by atoms with Gasteiger partial charge in [-0.05, 0) is 17.1 Å². The lowest BCUT2D eigenvalue weighted by Crippen LogP contribution is -2.26. The van der Waals surface area contributed by atoms with Gasteiger partial charge in [-0.1, -0.05) is 12.1 Å². The molecule has 0 aliphatic heterocycles. The van der Waals surface area contributed by atoms with Crippen LogP contribution in [0.2, 0.25) is 0 Å². The third-order valence-electron chi connectivity index (χ3n) is 4.83. The van der Waals surface area contributed by atoms with Crippen molar-refractivity contribution in [3.05, 3.63) is 56.9 Å². The van der Waals surface area contributed by atoms with E-state index in [9.17, 15) is 23.3 Å². The van der Waals surface area contributed by atoms with Crippen LogP contribution in [-0.4, -0.2) is 55.2 Å². The van der Waals surface area contributed by atoms with Gasteiger partial charge in [-0.2, -0.15) is 12.8 Å². The zero-order valence-electron chi connectivity index (χ0n) is 16.5. The van der Waals surface area contributed by atoms with Gasteiger partial charge in [-0.25, -0.2) is 4.98 Å². The van der Waals surface area contributed by atoms with Crippen molar-refractivity contribution in [1.82, 2.24) is 14.7 Å². The first-order chi connectivity index (χ1) is 14.8. The molecule has 0 saturated carbocycles. The summed E-state index contributed by atoms with van der Waals surface area (Å²) in [5.74, 6) is 0.370. The molecule has 1 aromatic carbocycles. The number of benzene rings is 1. The number of anilines is 1. The molecule has 2 N–H and O–H groups in total. The van der Waals surface area contributed by atoms with E-state index in [2.05, 4.69) is 19.8 Å². The average molecular weight is 445 g/mol. The summed E-state index contributed by atoms with van der Waals surface area (Å²) in [5.41, 5.74) is 0.471. The number of nitro groups is 1. The van der Waals surface area contributed by atoms with Crippen molar-refractivity contribution in [2.75, 3.05) is 37.8 Å². The fraction of sp³-hybridized carbons (Fsp3) is 0.263. The summed E-state index contributed by atoms with van der Waals surface area (Å²) in [7, 11) is -3.46. The maximum atomic E-state index is 12.9. The van der Waals surface area contributed by atoms with Crippen molar-refractivity contribution < 1.29 is 17.5 Å². The van der Waals surface area contributed by atoms with Crippen molar-refractivity contribution in [2.45, 2.75) is 0 Å². The number of aromatic nitrogens is 2. The van der Waals surface area contributed by atoms with Gasteiger partial charge in [0.15, 0.2) is 5.52 Å². The molecule has 4 aromatic rings. The molecule has 3 aromatic heterocycles. The summed E-state index contributed by atoms with van der Waals surface area (Å²) in [5, 5.41) is 19.3. The van der Waals surface area contributed by atoms with Gasteiger partial charge in [0.1, 0.15) is 11.3 Å². The van der Waals surface area contributed by atoms with Crippen molar-refractivity contribution in [3.8, 4) is 0 Å². The number of rotatable bonds is 9. The molecule has 162 valence electrons. The first-order valence-electron chi connectivity index (χ1n) is 9.40. The maximum absolute atomic E-state index is 12.9. The van der Waals surface area contributed by atoms with E-state index in [1.165, 1.54) is 22.7 Å². The molecule has 0 aliphatic carbocycles. The zero-order valence-corrected chi connectivity index (χ0v) is 17.3. The highest BCUT2D eigenvalue weighted by molar-refractivity contribution is 7.85. The Morgan fingerprint density at radius 1 is 1.13 bits per heavy atom. The SMILES string of the molecule is CS(=O)(=O)OCCNCCNc1ncc2c(=O)c3ccc([N+](=O)[O-])n3c3cccc1c23. The van der Waals surface area contributed by atoms with Crippen LogP contribution in [0.25, 0.3) is 27.2 Å². The van der Waals surface area contributed by atoms with E-state index in [1.54, 1.807) is 18.2 Å². The summed E-state index contributed by atoms with van der Waals surface area (Å²) in [6.45, 7) is 1.40. The molecule has 0 spiro atoms. The molecular formula is C19H19N5O6S. The first-order valence-corrected chi connectivity index (χ1v) is 11.2. The van der Waals surface area contributed by atoms with Crippen molar-refractivity contribution in [3.63, 3.8) is 0 Å². The number of pyridine rings is 2. The lowest BCUT2D eigenvalue weighted by Gasteiger charge is -2.12. The van der Waals surface area contributed by atoms with Gasteiger partial charge in [-0.3, -0.25) is 8.98 Å². The molecule has 11 nitrogen and oxygen atoms in total. The Kier molecular flexibility index (Phi) is 5.43. The van der Waals surface area contributed by atoms with Crippen molar-refractivity contribution in [1.29, 1.82) is 0 Å². The number of hydrogen-bond acceptors (Lipinski definition) is 9. The normalized spacial score (nSPS) is 12.2. The van der Waals surface area contributed by atoms with Gasteiger partial charge in [-0.15, -0.1) is 0 Å². The van der Waals surface area contributed by atoms with E-state index in [-0.39, 0.29) is 23.4 Å². The molecule has 31 heavy (non-hydrogen) atoms. The molecule has 0 atom stereocenters. The molecule has 0 amide bonds. The van der Waals surface area contributed by atoms with E-state index in [0.29, 0.717) is 47.1 Å². The molecule has 4 rings (SSSR count). The van der Waals surface area contributed by atoms with Crippen LogP contribution in [-0.2, 0) is 14.3 Å². The molecular weight excluding hydrogens is 426 g/mol. The summed E-state index contributed by atoms with van der Waals surface area (Å²) in [6, 6.07) is 8.08. The van der Waals surface area contributed by atoms with E-state index >= 15 is 0 Å². The van der Waals surface area contributed by atoms with Gasteiger partial charge in [0, 0.05) is 42.7 Å². The van der Waals surface area contributed by atoms with E-state index in [4.69, 9.17) is 0 Å². The Hall–Kier alpha value is -3.35. The van der Waals surface area contributed by atoms with Crippen molar-refractivity contribution in [2.24, 2.45) is 0 Å². The third kappa shape index (κ3) is 4.00. The van der Waals surface area contributed by atoms with Gasteiger partial charge in [0.25, 0.3) is 10.1 Å². The highest BCUT2D eigenvalue weighted by Gasteiger charge is 2.22. The second-order valence-corrected chi connectivity index (χ2v) is 8.57. The highest BCUT2D eigenvalue weighted by atomic mass is 32.2. The quantitative estimate of drug-likeness (QED) is 0.169. The molecule has 12 heteroatoms. The Balaban J connectivity index is 1.62. The first kappa shape index (κ1) is 20.9. The Labute approximate surface area is 176 Å². The van der Waals surface area contributed by atoms with Gasteiger partial charge >= 0.3 is 5.82 Å². The van der Waals surface area contributed by atoms with Gasteiger partial charge in [0.05, 0.1) is 18.2 Å². The van der Waals surface area contributed by atoms with Crippen LogP contribution in [0.1, 0.15) is 0 Å². The molecule has 0 radical (unpaired) electrons. The fourth-order valence-electron chi connectivity index (χ4n) is 3.58. The molecule has 0 unspecified atom stereocenters. The second kappa shape index (κ2) is 8.06. The smallest absolute Gasteiger partial charge is 0.328 e. The summed E-state index contributed by atoms with van der Waals surface area (Å²) < 4.78 is 27.9.